The van der Waals surface area contributed by atoms with Gasteiger partial charge in [0.25, 0.3) is 5.79 Å². The standard InChI is InChI=1S/C50H63N3O24S/c1-21(56)52-36-29(59)17-50(48(69)70,77-44(36)37(61)30(60)18-54)72-20-34-38(62)39(63)41(65)47(75-34)76-43-33(19-55)74-46(42(66)40(43)64)71-13-5-3-2-4-12-51-49(78)53-22-6-9-25(28(14-22)45(67)68)35-26-10-7-23(57)15-31(26)73-32-16-24(58)8-11-27(32)35/h6-11,14-16,29-30,33-34,36-44,46-47,54-55,57,59-66H,2-5,12-13,17-20H2,1H3,(H,52,56)(H,67,68)(H,69,70)(H2,51,53,78)/t29-,30-,33+,34+,36+,37-,38-,39-,40+,41+,42+,43+,44+,46+,47-,50+/m0/s1. The first-order valence-corrected chi connectivity index (χ1v) is 25.2. The Kier molecular flexibility index (Phi) is 20.1. The number of fused-ring (bicyclic) bond motifs is 2. The molecular weight excluding hydrogens is 1060 g/mol. The van der Waals surface area contributed by atoms with Crippen LogP contribution in [-0.4, -0.2) is 220 Å². The maximum absolute atomic E-state index is 12.6. The lowest BCUT2D eigenvalue weighted by Gasteiger charge is -2.48. The lowest BCUT2D eigenvalue weighted by atomic mass is 9.88. The number of carboxylic acids is 2. The van der Waals surface area contributed by atoms with Crippen molar-refractivity contribution in [2.45, 2.75) is 137 Å². The zero-order valence-corrected chi connectivity index (χ0v) is 42.5. The van der Waals surface area contributed by atoms with Gasteiger partial charge >= 0.3 is 11.9 Å². The number of amides is 1. The quantitative estimate of drug-likeness (QED) is 0.0222. The Morgan fingerprint density at radius 3 is 2.23 bits per heavy atom. The van der Waals surface area contributed by atoms with E-state index in [-0.39, 0.29) is 39.8 Å². The number of aliphatic hydroxyl groups is 10. The third-order valence-corrected chi connectivity index (χ3v) is 13.8. The number of anilines is 1. The lowest BCUT2D eigenvalue weighted by Crippen LogP contribution is -2.68. The number of aromatic hydroxyl groups is 1. The van der Waals surface area contributed by atoms with Crippen LogP contribution in [-0.2, 0) is 38.0 Å². The summed E-state index contributed by atoms with van der Waals surface area (Å²) in [5.41, 5.74) is 1.56. The van der Waals surface area contributed by atoms with Crippen molar-refractivity contribution in [3.05, 3.63) is 70.4 Å². The highest BCUT2D eigenvalue weighted by atomic mass is 32.1. The Morgan fingerprint density at radius 1 is 0.833 bits per heavy atom. The van der Waals surface area contributed by atoms with Crippen molar-refractivity contribution in [2.24, 2.45) is 0 Å². The molecule has 0 bridgehead atoms. The molecule has 0 unspecified atom stereocenters. The van der Waals surface area contributed by atoms with Crippen LogP contribution in [0.3, 0.4) is 0 Å². The molecule has 0 spiro atoms. The Hall–Kier alpha value is -5.61. The van der Waals surface area contributed by atoms with Gasteiger partial charge in [0.05, 0.1) is 37.5 Å². The first-order valence-electron chi connectivity index (χ1n) is 24.8. The molecule has 27 nitrogen and oxygen atoms in total. The van der Waals surface area contributed by atoms with Gasteiger partial charge in [0.1, 0.15) is 84.2 Å². The number of phenolic OH excluding ortho intramolecular Hbond substituents is 1. The van der Waals surface area contributed by atoms with E-state index in [0.29, 0.717) is 60.0 Å². The van der Waals surface area contributed by atoms with Gasteiger partial charge in [0.2, 0.25) is 5.91 Å². The van der Waals surface area contributed by atoms with E-state index in [1.54, 1.807) is 24.3 Å². The number of benzene rings is 3. The number of hydrogen-bond donors (Lipinski definition) is 16. The van der Waals surface area contributed by atoms with E-state index >= 15 is 0 Å². The maximum atomic E-state index is 12.6. The molecule has 16 N–H and O–H groups in total. The maximum Gasteiger partial charge on any atom is 0.364 e. The molecule has 4 heterocycles. The summed E-state index contributed by atoms with van der Waals surface area (Å²) in [6.07, 6.45) is -24.4. The molecule has 2 aromatic rings. The summed E-state index contributed by atoms with van der Waals surface area (Å²) >= 11 is 5.47. The second-order valence-corrected chi connectivity index (χ2v) is 19.5. The summed E-state index contributed by atoms with van der Waals surface area (Å²) in [5.74, 6) is -6.60. The smallest absolute Gasteiger partial charge is 0.364 e. The minimum atomic E-state index is -2.88. The van der Waals surface area contributed by atoms with Crippen molar-refractivity contribution >= 4 is 51.8 Å². The number of rotatable bonds is 22. The number of aliphatic hydroxyl groups excluding tert-OH is 10. The first-order chi connectivity index (χ1) is 37.1. The number of unbranched alkanes of at least 4 members (excludes halogenated alkanes) is 3. The molecule has 28 heteroatoms. The predicted molar refractivity (Wildman–Crippen MR) is 270 cm³/mol. The van der Waals surface area contributed by atoms with Crippen LogP contribution in [0.2, 0.25) is 0 Å². The van der Waals surface area contributed by atoms with Crippen LogP contribution >= 0.6 is 12.2 Å². The Bertz CT molecular complexity index is 2770. The summed E-state index contributed by atoms with van der Waals surface area (Å²) in [7, 11) is 0. The van der Waals surface area contributed by atoms with E-state index in [2.05, 4.69) is 16.0 Å². The van der Waals surface area contributed by atoms with Crippen molar-refractivity contribution in [2.75, 3.05) is 38.3 Å². The molecule has 1 amide bonds. The van der Waals surface area contributed by atoms with Gasteiger partial charge in [-0.2, -0.15) is 0 Å². The third kappa shape index (κ3) is 13.5. The fraction of sp³-hybridized carbons (Fsp3) is 0.540. The number of thiocarbonyl (C=S) groups is 1. The number of aromatic carboxylic acids is 1. The number of nitrogens with one attached hydrogen (secondary N) is 3. The third-order valence-electron chi connectivity index (χ3n) is 13.5. The molecule has 0 saturated carbocycles. The molecule has 0 radical (unpaired) electrons. The fourth-order valence-electron chi connectivity index (χ4n) is 9.50. The van der Waals surface area contributed by atoms with Gasteiger partial charge in [-0.15, -0.1) is 0 Å². The molecule has 7 rings (SSSR count). The Balaban J connectivity index is 0.871. The van der Waals surface area contributed by atoms with Gasteiger partial charge in [0, 0.05) is 60.8 Å². The van der Waals surface area contributed by atoms with Gasteiger partial charge < -0.3 is 115 Å². The zero-order chi connectivity index (χ0) is 56.7. The highest BCUT2D eigenvalue weighted by molar-refractivity contribution is 7.80. The monoisotopic (exact) mass is 1120 g/mol. The number of carbonyl (C=O) groups excluding carboxylic acids is 1. The fourth-order valence-corrected chi connectivity index (χ4v) is 9.72. The number of phenols is 1. The van der Waals surface area contributed by atoms with Crippen LogP contribution in [0.5, 0.6) is 5.75 Å². The van der Waals surface area contributed by atoms with E-state index in [1.165, 1.54) is 30.3 Å². The van der Waals surface area contributed by atoms with Crippen molar-refractivity contribution < 1.29 is 114 Å². The molecule has 78 heavy (non-hydrogen) atoms. The lowest BCUT2D eigenvalue weighted by molar-refractivity contribution is -0.367. The number of carbonyl (C=O) groups is 3. The Morgan fingerprint density at radius 2 is 1.54 bits per heavy atom. The van der Waals surface area contributed by atoms with E-state index in [1.807, 2.05) is 0 Å². The molecule has 4 aliphatic heterocycles. The Labute approximate surface area is 448 Å². The molecule has 2 aromatic carbocycles. The summed E-state index contributed by atoms with van der Waals surface area (Å²) in [4.78, 5) is 49.3. The molecular formula is C50H63N3O24S. The molecule has 3 fully saturated rings. The normalized spacial score (nSPS) is 30.1. The van der Waals surface area contributed by atoms with Crippen molar-refractivity contribution in [1.82, 2.24) is 10.6 Å². The highest BCUT2D eigenvalue weighted by Crippen LogP contribution is 2.43. The van der Waals surface area contributed by atoms with Crippen molar-refractivity contribution in [3.8, 4) is 28.2 Å². The topological polar surface area (TPSA) is 436 Å². The van der Waals surface area contributed by atoms with Crippen LogP contribution in [0, 0.1) is 0 Å². The van der Waals surface area contributed by atoms with Gasteiger partial charge in [0.15, 0.2) is 23.1 Å². The second-order valence-electron chi connectivity index (χ2n) is 19.1. The molecule has 16 atom stereocenters. The van der Waals surface area contributed by atoms with Gasteiger partial charge in [-0.05, 0) is 67.0 Å². The van der Waals surface area contributed by atoms with E-state index < -0.39 is 142 Å². The molecule has 428 valence electrons. The molecule has 3 saturated heterocycles. The van der Waals surface area contributed by atoms with Crippen LogP contribution in [0.25, 0.3) is 33.4 Å². The number of carboxylic acid groups (broad SMARTS) is 2. The second kappa shape index (κ2) is 26.1. The molecule has 5 aliphatic rings. The average molecular weight is 1120 g/mol. The van der Waals surface area contributed by atoms with Crippen LogP contribution in [0.15, 0.2) is 63.8 Å². The summed E-state index contributed by atoms with van der Waals surface area (Å²) in [6, 6.07) is 11.8. The first kappa shape index (κ1) is 60.0. The van der Waals surface area contributed by atoms with Crippen LogP contribution < -0.4 is 21.4 Å². The van der Waals surface area contributed by atoms with Gasteiger partial charge in [-0.1, -0.05) is 18.9 Å². The summed E-state index contributed by atoms with van der Waals surface area (Å²) < 4.78 is 39.8. The number of hydrogen-bond acceptors (Lipinski definition) is 23. The average Bonchev–Trinajstić information content (AvgIpc) is 3.60. The largest absolute Gasteiger partial charge is 0.508 e. The van der Waals surface area contributed by atoms with E-state index in [0.717, 1.165) is 6.92 Å². The zero-order valence-electron chi connectivity index (χ0n) is 41.6. The van der Waals surface area contributed by atoms with E-state index in [4.69, 9.17) is 45.1 Å². The predicted octanol–water partition coefficient (Wildman–Crippen LogP) is -2.37. The van der Waals surface area contributed by atoms with E-state index in [9.17, 15) is 85.6 Å². The summed E-state index contributed by atoms with van der Waals surface area (Å²) in [6.45, 7) is -1.35. The van der Waals surface area contributed by atoms with Crippen molar-refractivity contribution in [1.29, 1.82) is 0 Å². The minimum absolute atomic E-state index is 0.0311. The molecule has 1 aliphatic carbocycles. The molecule has 0 aromatic heterocycles. The van der Waals surface area contributed by atoms with Crippen molar-refractivity contribution in [3.63, 3.8) is 0 Å². The van der Waals surface area contributed by atoms with Gasteiger partial charge in [-0.25, -0.2) is 9.59 Å². The SMILES string of the molecule is CC(=O)N[C@H]1[C@H]([C@@H](O)[C@@H](O)CO)O[C@@](OC[C@H]2O[C@@H](O[C@H]3[C@H](O)[C@@H](O)[C@H](OCCCCCCNC(=S)Nc4ccc(-c5c6ccc(=O)cc-6oc6cc(O)ccc56)c(C(=O)O)c4)O[C@@H]3CO)[C@H](O)[C@@H](O)[C@H]2O)(C(=O)O)C[C@@H]1O. The number of ether oxygens (including phenoxy) is 6. The van der Waals surface area contributed by atoms with Crippen LogP contribution in [0.4, 0.5) is 5.69 Å². The highest BCUT2D eigenvalue weighted by Gasteiger charge is 2.57. The van der Waals surface area contributed by atoms with Gasteiger partial charge in [-0.3, -0.25) is 9.59 Å². The summed E-state index contributed by atoms with van der Waals surface area (Å²) in [5, 5.41) is 146. The van der Waals surface area contributed by atoms with Crippen LogP contribution in [0.1, 0.15) is 49.4 Å². The number of aliphatic carboxylic acids is 1. The minimum Gasteiger partial charge on any atom is -0.508 e.